The molecular formula is C19H18N8O. The zero-order chi connectivity index (χ0) is 19.1. The van der Waals surface area contributed by atoms with E-state index in [1.165, 1.54) is 4.52 Å². The molecule has 9 nitrogen and oxygen atoms in total. The summed E-state index contributed by atoms with van der Waals surface area (Å²) in [6.45, 7) is 2.99. The van der Waals surface area contributed by atoms with Crippen LogP contribution in [-0.2, 0) is 13.0 Å². The van der Waals surface area contributed by atoms with Crippen LogP contribution in [0.3, 0.4) is 0 Å². The molecule has 0 aliphatic carbocycles. The lowest BCUT2D eigenvalue weighted by atomic mass is 10.0. The lowest BCUT2D eigenvalue weighted by Crippen LogP contribution is -2.44. The van der Waals surface area contributed by atoms with Gasteiger partial charge in [-0.2, -0.15) is 10.1 Å². The van der Waals surface area contributed by atoms with Crippen molar-refractivity contribution in [2.45, 2.75) is 25.9 Å². The Bertz CT molecular complexity index is 1120. The SMILES string of the molecule is Cc1nc2n(n1)CCN(C(=O)c1nc3ncccn3n1)[C@H]2Cc1ccccc1. The van der Waals surface area contributed by atoms with Gasteiger partial charge in [-0.05, 0) is 18.6 Å². The average molecular weight is 374 g/mol. The molecule has 9 heteroatoms. The number of fused-ring (bicyclic) bond motifs is 2. The lowest BCUT2D eigenvalue weighted by Gasteiger charge is -2.34. The number of aromatic nitrogens is 7. The van der Waals surface area contributed by atoms with E-state index in [0.29, 0.717) is 31.1 Å². The van der Waals surface area contributed by atoms with Crippen molar-refractivity contribution in [3.8, 4) is 0 Å². The Hall–Kier alpha value is -3.62. The van der Waals surface area contributed by atoms with E-state index in [1.807, 2.05) is 29.8 Å². The molecule has 0 spiro atoms. The fourth-order valence-electron chi connectivity index (χ4n) is 3.61. The second-order valence-electron chi connectivity index (χ2n) is 6.74. The van der Waals surface area contributed by atoms with Gasteiger partial charge in [-0.1, -0.05) is 30.3 Å². The first-order valence-electron chi connectivity index (χ1n) is 9.13. The van der Waals surface area contributed by atoms with Crippen LogP contribution in [-0.4, -0.2) is 51.7 Å². The van der Waals surface area contributed by atoms with Gasteiger partial charge in [0, 0.05) is 25.4 Å². The van der Waals surface area contributed by atoms with Crippen LogP contribution in [0.15, 0.2) is 48.8 Å². The standard InChI is InChI=1S/C19H18N8O/c1-13-21-17-15(12-14-6-3-2-4-7-14)25(10-11-26(17)23-13)18(28)16-22-19-20-8-5-9-27(19)24-16/h2-9,15H,10-12H2,1H3/t15-/m0/s1. The molecule has 0 unspecified atom stereocenters. The van der Waals surface area contributed by atoms with Crippen LogP contribution >= 0.6 is 0 Å². The van der Waals surface area contributed by atoms with Crippen LogP contribution in [0.1, 0.15) is 33.9 Å². The first-order chi connectivity index (χ1) is 13.7. The molecule has 0 radical (unpaired) electrons. The van der Waals surface area contributed by atoms with Crippen molar-refractivity contribution in [2.75, 3.05) is 6.54 Å². The van der Waals surface area contributed by atoms with Crippen molar-refractivity contribution in [2.24, 2.45) is 0 Å². The average Bonchev–Trinajstić information content (AvgIpc) is 3.31. The fraction of sp³-hybridized carbons (Fsp3) is 0.263. The number of hydrogen-bond acceptors (Lipinski definition) is 6. The second-order valence-corrected chi connectivity index (χ2v) is 6.74. The van der Waals surface area contributed by atoms with Crippen molar-refractivity contribution in [1.82, 2.24) is 39.2 Å². The second kappa shape index (κ2) is 6.52. The molecule has 140 valence electrons. The molecule has 0 saturated heterocycles. The minimum absolute atomic E-state index is 0.140. The largest absolute Gasteiger partial charge is 0.323 e. The molecule has 0 fully saturated rings. The maximum atomic E-state index is 13.3. The van der Waals surface area contributed by atoms with E-state index in [2.05, 4.69) is 37.3 Å². The highest BCUT2D eigenvalue weighted by Crippen LogP contribution is 2.28. The summed E-state index contributed by atoms with van der Waals surface area (Å²) in [5.74, 6) is 1.82. The summed E-state index contributed by atoms with van der Waals surface area (Å²) in [7, 11) is 0. The normalized spacial score (nSPS) is 16.3. The zero-order valence-corrected chi connectivity index (χ0v) is 15.3. The Morgan fingerprint density at radius 2 is 1.96 bits per heavy atom. The van der Waals surface area contributed by atoms with Gasteiger partial charge in [-0.3, -0.25) is 4.79 Å². The third kappa shape index (κ3) is 2.81. The Balaban J connectivity index is 1.53. The molecule has 0 saturated carbocycles. The first-order valence-corrected chi connectivity index (χ1v) is 9.13. The number of amides is 1. The highest BCUT2D eigenvalue weighted by Gasteiger charge is 2.35. The molecule has 1 aromatic carbocycles. The number of carbonyl (C=O) groups excluding carboxylic acids is 1. The van der Waals surface area contributed by atoms with E-state index in [1.54, 1.807) is 23.4 Å². The van der Waals surface area contributed by atoms with Gasteiger partial charge in [0.1, 0.15) is 11.6 Å². The molecule has 4 aromatic rings. The molecule has 4 heterocycles. The predicted molar refractivity (Wildman–Crippen MR) is 99.5 cm³/mol. The summed E-state index contributed by atoms with van der Waals surface area (Å²) in [5, 5.41) is 8.77. The Morgan fingerprint density at radius 1 is 1.11 bits per heavy atom. The van der Waals surface area contributed by atoms with Crippen molar-refractivity contribution < 1.29 is 4.79 Å². The van der Waals surface area contributed by atoms with Crippen LogP contribution in [0.5, 0.6) is 0 Å². The third-order valence-corrected chi connectivity index (χ3v) is 4.87. The molecule has 0 N–H and O–H groups in total. The lowest BCUT2D eigenvalue weighted by molar-refractivity contribution is 0.0596. The van der Waals surface area contributed by atoms with Crippen LogP contribution in [0, 0.1) is 6.92 Å². The Labute approximate surface area is 160 Å². The van der Waals surface area contributed by atoms with Crippen molar-refractivity contribution in [3.05, 3.63) is 71.8 Å². The number of rotatable bonds is 3. The van der Waals surface area contributed by atoms with E-state index >= 15 is 0 Å². The summed E-state index contributed by atoms with van der Waals surface area (Å²) in [4.78, 5) is 28.1. The Kier molecular flexibility index (Phi) is 3.85. The van der Waals surface area contributed by atoms with Crippen LogP contribution in [0.4, 0.5) is 0 Å². The van der Waals surface area contributed by atoms with Crippen molar-refractivity contribution >= 4 is 11.7 Å². The summed E-state index contributed by atoms with van der Waals surface area (Å²) in [5.41, 5.74) is 1.13. The fourth-order valence-corrected chi connectivity index (χ4v) is 3.61. The molecule has 0 bridgehead atoms. The third-order valence-electron chi connectivity index (χ3n) is 4.87. The van der Waals surface area contributed by atoms with Gasteiger partial charge in [0.25, 0.3) is 11.7 Å². The summed E-state index contributed by atoms with van der Waals surface area (Å²) >= 11 is 0. The zero-order valence-electron chi connectivity index (χ0n) is 15.3. The Morgan fingerprint density at radius 3 is 2.79 bits per heavy atom. The highest BCUT2D eigenvalue weighted by atomic mass is 16.2. The maximum Gasteiger partial charge on any atom is 0.294 e. The number of benzene rings is 1. The molecule has 1 atom stereocenters. The van der Waals surface area contributed by atoms with Gasteiger partial charge in [-0.25, -0.2) is 19.2 Å². The highest BCUT2D eigenvalue weighted by molar-refractivity contribution is 5.91. The van der Waals surface area contributed by atoms with Gasteiger partial charge in [0.05, 0.1) is 12.6 Å². The van der Waals surface area contributed by atoms with E-state index in [4.69, 9.17) is 0 Å². The topological polar surface area (TPSA) is 94.1 Å². The summed E-state index contributed by atoms with van der Waals surface area (Å²) in [6, 6.07) is 11.6. The van der Waals surface area contributed by atoms with Gasteiger partial charge in [0.2, 0.25) is 5.82 Å². The first kappa shape index (κ1) is 16.5. The number of carbonyl (C=O) groups is 1. The summed E-state index contributed by atoms with van der Waals surface area (Å²) in [6.07, 6.45) is 4.00. The van der Waals surface area contributed by atoms with Crippen LogP contribution < -0.4 is 0 Å². The molecule has 1 aliphatic heterocycles. The van der Waals surface area contributed by atoms with Gasteiger partial charge >= 0.3 is 0 Å². The monoisotopic (exact) mass is 374 g/mol. The van der Waals surface area contributed by atoms with Gasteiger partial charge in [-0.15, -0.1) is 5.10 Å². The van der Waals surface area contributed by atoms with Gasteiger partial charge < -0.3 is 4.90 Å². The quantitative estimate of drug-likeness (QED) is 0.539. The molecule has 3 aromatic heterocycles. The smallest absolute Gasteiger partial charge is 0.294 e. The van der Waals surface area contributed by atoms with E-state index in [-0.39, 0.29) is 17.8 Å². The maximum absolute atomic E-state index is 13.3. The van der Waals surface area contributed by atoms with E-state index < -0.39 is 0 Å². The van der Waals surface area contributed by atoms with Gasteiger partial charge in [0.15, 0.2) is 0 Å². The summed E-state index contributed by atoms with van der Waals surface area (Å²) < 4.78 is 3.40. The molecule has 5 rings (SSSR count). The number of aryl methyl sites for hydroxylation is 1. The van der Waals surface area contributed by atoms with E-state index in [0.717, 1.165) is 11.4 Å². The number of hydrogen-bond donors (Lipinski definition) is 0. The van der Waals surface area contributed by atoms with Crippen molar-refractivity contribution in [3.63, 3.8) is 0 Å². The molecule has 28 heavy (non-hydrogen) atoms. The van der Waals surface area contributed by atoms with Crippen LogP contribution in [0.25, 0.3) is 5.78 Å². The van der Waals surface area contributed by atoms with Crippen molar-refractivity contribution in [1.29, 1.82) is 0 Å². The van der Waals surface area contributed by atoms with E-state index in [9.17, 15) is 4.79 Å². The molecular weight excluding hydrogens is 356 g/mol. The molecule has 1 amide bonds. The minimum Gasteiger partial charge on any atom is -0.323 e. The molecule has 1 aliphatic rings. The number of nitrogens with zero attached hydrogens (tertiary/aromatic N) is 8. The van der Waals surface area contributed by atoms with Crippen LogP contribution in [0.2, 0.25) is 0 Å². The minimum atomic E-state index is -0.232. The predicted octanol–water partition coefficient (Wildman–Crippen LogP) is 1.46.